The van der Waals surface area contributed by atoms with E-state index in [-0.39, 0.29) is 5.75 Å². The molecule has 4 heteroatoms. The number of phenolic OH excluding ortho intramolecular Hbond substituents is 1. The normalized spacial score (nSPS) is 11.0. The second-order valence-electron chi connectivity index (χ2n) is 4.31. The van der Waals surface area contributed by atoms with Crippen LogP contribution < -0.4 is 5.43 Å². The maximum Gasteiger partial charge on any atom is 0.124 e. The first-order valence-electron chi connectivity index (χ1n) is 6.25. The van der Waals surface area contributed by atoms with E-state index in [2.05, 4.69) is 15.5 Å². The minimum Gasteiger partial charge on any atom is -0.507 e. The largest absolute Gasteiger partial charge is 0.507 e. The summed E-state index contributed by atoms with van der Waals surface area (Å²) in [6.07, 6.45) is 3.33. The van der Waals surface area contributed by atoms with E-state index < -0.39 is 0 Å². The summed E-state index contributed by atoms with van der Waals surface area (Å²) in [5.41, 5.74) is 5.31. The number of pyridine rings is 1. The standard InChI is InChI=1S/C16H13N3O/c20-15-9-2-1-5-13(15)11-18-19-14-8-3-6-12-7-4-10-17-16(12)14/h1-11,19-20H/b18-11-. The molecule has 0 spiro atoms. The van der Waals surface area contributed by atoms with Crippen molar-refractivity contribution < 1.29 is 5.11 Å². The number of rotatable bonds is 3. The van der Waals surface area contributed by atoms with Crippen LogP contribution in [0.15, 0.2) is 65.9 Å². The number of hydrogen-bond donors (Lipinski definition) is 2. The molecule has 3 aromatic rings. The number of aromatic hydroxyl groups is 1. The summed E-state index contributed by atoms with van der Waals surface area (Å²) >= 11 is 0. The Kier molecular flexibility index (Phi) is 3.29. The molecule has 0 amide bonds. The first kappa shape index (κ1) is 12.2. The molecule has 0 aliphatic rings. The summed E-state index contributed by atoms with van der Waals surface area (Å²) in [5, 5.41) is 14.8. The van der Waals surface area contributed by atoms with Crippen molar-refractivity contribution in [2.45, 2.75) is 0 Å². The number of hydrazone groups is 1. The van der Waals surface area contributed by atoms with Crippen LogP contribution in [-0.2, 0) is 0 Å². The second kappa shape index (κ2) is 5.40. The Morgan fingerprint density at radius 3 is 2.75 bits per heavy atom. The van der Waals surface area contributed by atoms with Crippen LogP contribution in [0.5, 0.6) is 5.75 Å². The molecular formula is C16H13N3O. The number of para-hydroxylation sites is 2. The topological polar surface area (TPSA) is 57.5 Å². The lowest BCUT2D eigenvalue weighted by atomic mass is 10.2. The van der Waals surface area contributed by atoms with E-state index in [1.807, 2.05) is 36.4 Å². The third-order valence-electron chi connectivity index (χ3n) is 2.96. The lowest BCUT2D eigenvalue weighted by Gasteiger charge is -2.04. The van der Waals surface area contributed by atoms with Crippen LogP contribution in [0.1, 0.15) is 5.56 Å². The molecule has 20 heavy (non-hydrogen) atoms. The van der Waals surface area contributed by atoms with Crippen LogP contribution >= 0.6 is 0 Å². The number of benzene rings is 2. The Balaban J connectivity index is 1.86. The molecule has 0 unspecified atom stereocenters. The third-order valence-corrected chi connectivity index (χ3v) is 2.96. The zero-order chi connectivity index (χ0) is 13.8. The molecular weight excluding hydrogens is 250 g/mol. The molecule has 0 atom stereocenters. The number of hydrogen-bond acceptors (Lipinski definition) is 4. The van der Waals surface area contributed by atoms with Crippen molar-refractivity contribution in [3.05, 3.63) is 66.4 Å². The molecule has 0 saturated carbocycles. The highest BCUT2D eigenvalue weighted by Gasteiger charge is 2.00. The zero-order valence-corrected chi connectivity index (χ0v) is 10.7. The van der Waals surface area contributed by atoms with Gasteiger partial charge in [-0.25, -0.2) is 0 Å². The maximum absolute atomic E-state index is 9.65. The molecule has 98 valence electrons. The molecule has 3 rings (SSSR count). The lowest BCUT2D eigenvalue weighted by molar-refractivity contribution is 0.474. The van der Waals surface area contributed by atoms with Crippen LogP contribution in [0.4, 0.5) is 5.69 Å². The fourth-order valence-electron chi connectivity index (χ4n) is 1.96. The average Bonchev–Trinajstić information content (AvgIpc) is 2.49. The molecule has 0 bridgehead atoms. The van der Waals surface area contributed by atoms with Gasteiger partial charge < -0.3 is 5.11 Å². The third kappa shape index (κ3) is 2.44. The van der Waals surface area contributed by atoms with Gasteiger partial charge in [0.25, 0.3) is 0 Å². The summed E-state index contributed by atoms with van der Waals surface area (Å²) in [7, 11) is 0. The van der Waals surface area contributed by atoms with Gasteiger partial charge in [-0.3, -0.25) is 10.4 Å². The van der Waals surface area contributed by atoms with E-state index in [9.17, 15) is 5.11 Å². The molecule has 1 aromatic heterocycles. The molecule has 0 saturated heterocycles. The van der Waals surface area contributed by atoms with Gasteiger partial charge in [-0.2, -0.15) is 5.10 Å². The van der Waals surface area contributed by atoms with Gasteiger partial charge in [0.05, 0.1) is 17.4 Å². The maximum atomic E-state index is 9.65. The summed E-state index contributed by atoms with van der Waals surface area (Å²) in [5.74, 6) is 0.203. The van der Waals surface area contributed by atoms with E-state index >= 15 is 0 Å². The van der Waals surface area contributed by atoms with Crippen LogP contribution in [0.25, 0.3) is 10.9 Å². The predicted octanol–water partition coefficient (Wildman–Crippen LogP) is 3.39. The zero-order valence-electron chi connectivity index (χ0n) is 10.7. The minimum absolute atomic E-state index is 0.203. The van der Waals surface area contributed by atoms with E-state index in [0.717, 1.165) is 16.6 Å². The molecule has 4 nitrogen and oxygen atoms in total. The molecule has 0 fully saturated rings. The monoisotopic (exact) mass is 263 g/mol. The predicted molar refractivity (Wildman–Crippen MR) is 81.1 cm³/mol. The number of nitrogens with zero attached hydrogens (tertiary/aromatic N) is 2. The van der Waals surface area contributed by atoms with E-state index in [1.165, 1.54) is 0 Å². The minimum atomic E-state index is 0.203. The number of aromatic nitrogens is 1. The number of phenols is 1. The molecule has 0 aliphatic carbocycles. The molecule has 2 aromatic carbocycles. The van der Waals surface area contributed by atoms with Crippen molar-refractivity contribution in [1.82, 2.24) is 4.98 Å². The fourth-order valence-corrected chi connectivity index (χ4v) is 1.96. The summed E-state index contributed by atoms with van der Waals surface area (Å²) in [4.78, 5) is 4.34. The van der Waals surface area contributed by atoms with Crippen LogP contribution in [0.2, 0.25) is 0 Å². The van der Waals surface area contributed by atoms with Gasteiger partial charge in [0, 0.05) is 17.1 Å². The van der Waals surface area contributed by atoms with Crippen molar-refractivity contribution in [2.75, 3.05) is 5.43 Å². The molecule has 0 aliphatic heterocycles. The number of nitrogens with one attached hydrogen (secondary N) is 1. The number of anilines is 1. The van der Waals surface area contributed by atoms with Crippen molar-refractivity contribution in [2.24, 2.45) is 5.10 Å². The second-order valence-corrected chi connectivity index (χ2v) is 4.31. The van der Waals surface area contributed by atoms with Crippen molar-refractivity contribution >= 4 is 22.8 Å². The highest BCUT2D eigenvalue weighted by atomic mass is 16.3. The molecule has 2 N–H and O–H groups in total. The summed E-state index contributed by atoms with van der Waals surface area (Å²) in [6, 6.07) is 16.8. The summed E-state index contributed by atoms with van der Waals surface area (Å²) in [6.45, 7) is 0. The number of fused-ring (bicyclic) bond motifs is 1. The smallest absolute Gasteiger partial charge is 0.124 e. The Bertz CT molecular complexity index is 763. The van der Waals surface area contributed by atoms with Gasteiger partial charge >= 0.3 is 0 Å². The van der Waals surface area contributed by atoms with E-state index in [1.54, 1.807) is 30.6 Å². The Labute approximate surface area is 116 Å². The first-order valence-corrected chi connectivity index (χ1v) is 6.25. The molecule has 1 heterocycles. The van der Waals surface area contributed by atoms with Gasteiger partial charge in [0.1, 0.15) is 5.75 Å². The highest BCUT2D eigenvalue weighted by Crippen LogP contribution is 2.20. The Hall–Kier alpha value is -2.88. The van der Waals surface area contributed by atoms with Crippen LogP contribution in [-0.4, -0.2) is 16.3 Å². The highest BCUT2D eigenvalue weighted by molar-refractivity contribution is 5.91. The van der Waals surface area contributed by atoms with Crippen molar-refractivity contribution in [1.29, 1.82) is 0 Å². The average molecular weight is 263 g/mol. The SMILES string of the molecule is Oc1ccccc1/C=N\Nc1cccc2cccnc12. The lowest BCUT2D eigenvalue weighted by Crippen LogP contribution is -1.93. The van der Waals surface area contributed by atoms with Gasteiger partial charge in [0.15, 0.2) is 0 Å². The fraction of sp³-hybridized carbons (Fsp3) is 0. The van der Waals surface area contributed by atoms with E-state index in [4.69, 9.17) is 0 Å². The Morgan fingerprint density at radius 2 is 1.85 bits per heavy atom. The Morgan fingerprint density at radius 1 is 1.00 bits per heavy atom. The van der Waals surface area contributed by atoms with Gasteiger partial charge in [-0.1, -0.05) is 30.3 Å². The van der Waals surface area contributed by atoms with Gasteiger partial charge in [0.2, 0.25) is 0 Å². The molecule has 0 radical (unpaired) electrons. The first-order chi connectivity index (χ1) is 9.84. The van der Waals surface area contributed by atoms with Crippen LogP contribution in [0, 0.1) is 0 Å². The summed E-state index contributed by atoms with van der Waals surface area (Å²) < 4.78 is 0. The van der Waals surface area contributed by atoms with Gasteiger partial charge in [-0.05, 0) is 24.3 Å². The van der Waals surface area contributed by atoms with Gasteiger partial charge in [-0.15, -0.1) is 0 Å². The van der Waals surface area contributed by atoms with Crippen LogP contribution in [0.3, 0.4) is 0 Å². The van der Waals surface area contributed by atoms with Crippen molar-refractivity contribution in [3.63, 3.8) is 0 Å². The van der Waals surface area contributed by atoms with Crippen molar-refractivity contribution in [3.8, 4) is 5.75 Å². The van der Waals surface area contributed by atoms with E-state index in [0.29, 0.717) is 5.56 Å². The quantitative estimate of drug-likeness (QED) is 0.562.